The Bertz CT molecular complexity index is 833. The van der Waals surface area contributed by atoms with Crippen molar-refractivity contribution in [3.63, 3.8) is 0 Å². The summed E-state index contributed by atoms with van der Waals surface area (Å²) < 4.78 is 0. The van der Waals surface area contributed by atoms with Crippen LogP contribution in [0.2, 0.25) is 5.02 Å². The van der Waals surface area contributed by atoms with Crippen LogP contribution in [-0.4, -0.2) is 23.8 Å². The molecule has 28 heavy (non-hydrogen) atoms. The molecule has 0 aliphatic carbocycles. The van der Waals surface area contributed by atoms with Crippen molar-refractivity contribution in [2.45, 2.75) is 33.2 Å². The minimum absolute atomic E-state index is 0.168. The van der Waals surface area contributed by atoms with Gasteiger partial charge in [0.05, 0.1) is 0 Å². The Morgan fingerprint density at radius 3 is 1.93 bits per heavy atom. The summed E-state index contributed by atoms with van der Waals surface area (Å²) in [6.45, 7) is 5.39. The van der Waals surface area contributed by atoms with E-state index in [9.17, 15) is 14.4 Å². The molecule has 0 unspecified atom stereocenters. The Labute approximate surface area is 169 Å². The Hall–Kier alpha value is -2.86. The summed E-state index contributed by atoms with van der Waals surface area (Å²) in [5.41, 5.74) is 1.65. The number of hydrogen-bond donors (Lipinski definition) is 3. The van der Waals surface area contributed by atoms with Gasteiger partial charge >= 0.3 is 0 Å². The van der Waals surface area contributed by atoms with Crippen LogP contribution in [0.5, 0.6) is 0 Å². The molecule has 3 N–H and O–H groups in total. The molecular weight excluding hydrogens is 378 g/mol. The standard InChI is InChI=1S/C21H24ClN3O3/c1-13(2)12-19(25-20(27)15-4-6-16(22)7-5-15)21(28)24-18-10-8-17(9-11-18)23-14(3)26/h4-11,13,19H,12H2,1-3H3,(H,23,26)(H,24,28)(H,25,27)/t19-/m0/s1. The van der Waals surface area contributed by atoms with E-state index < -0.39 is 6.04 Å². The van der Waals surface area contributed by atoms with E-state index in [0.717, 1.165) is 0 Å². The number of halogens is 1. The fraction of sp³-hybridized carbons (Fsp3) is 0.286. The fourth-order valence-corrected chi connectivity index (χ4v) is 2.74. The predicted molar refractivity (Wildman–Crippen MR) is 112 cm³/mol. The molecule has 0 fully saturated rings. The Kier molecular flexibility index (Phi) is 7.58. The van der Waals surface area contributed by atoms with Crippen LogP contribution in [0.3, 0.4) is 0 Å². The SMILES string of the molecule is CC(=O)Nc1ccc(NC(=O)[C@H](CC(C)C)NC(=O)c2ccc(Cl)cc2)cc1. The first-order valence-corrected chi connectivity index (χ1v) is 9.37. The maximum atomic E-state index is 12.7. The lowest BCUT2D eigenvalue weighted by Gasteiger charge is -2.20. The number of amides is 3. The Morgan fingerprint density at radius 1 is 0.893 bits per heavy atom. The molecule has 148 valence electrons. The quantitative estimate of drug-likeness (QED) is 0.653. The van der Waals surface area contributed by atoms with Crippen LogP contribution in [0, 0.1) is 5.92 Å². The van der Waals surface area contributed by atoms with E-state index in [4.69, 9.17) is 11.6 Å². The van der Waals surface area contributed by atoms with E-state index >= 15 is 0 Å². The van der Waals surface area contributed by atoms with Gasteiger partial charge in [0, 0.05) is 28.9 Å². The molecule has 0 aromatic heterocycles. The highest BCUT2D eigenvalue weighted by atomic mass is 35.5. The van der Waals surface area contributed by atoms with Gasteiger partial charge in [-0.3, -0.25) is 14.4 Å². The van der Waals surface area contributed by atoms with E-state index in [1.165, 1.54) is 6.92 Å². The second-order valence-electron chi connectivity index (χ2n) is 6.91. The maximum Gasteiger partial charge on any atom is 0.251 e. The molecule has 2 aromatic rings. The van der Waals surface area contributed by atoms with Gasteiger partial charge in [0.2, 0.25) is 11.8 Å². The van der Waals surface area contributed by atoms with Crippen LogP contribution < -0.4 is 16.0 Å². The van der Waals surface area contributed by atoms with E-state index in [0.29, 0.717) is 28.4 Å². The van der Waals surface area contributed by atoms with Gasteiger partial charge in [0.25, 0.3) is 5.91 Å². The normalized spacial score (nSPS) is 11.6. The highest BCUT2D eigenvalue weighted by molar-refractivity contribution is 6.30. The van der Waals surface area contributed by atoms with Gasteiger partial charge in [-0.25, -0.2) is 0 Å². The lowest BCUT2D eigenvalue weighted by atomic mass is 10.0. The zero-order valence-electron chi connectivity index (χ0n) is 16.1. The third kappa shape index (κ3) is 6.70. The summed E-state index contributed by atoms with van der Waals surface area (Å²) in [6, 6.07) is 12.6. The summed E-state index contributed by atoms with van der Waals surface area (Å²) in [6.07, 6.45) is 0.495. The first kappa shape index (κ1) is 21.4. The Morgan fingerprint density at radius 2 is 1.43 bits per heavy atom. The minimum atomic E-state index is -0.682. The first-order chi connectivity index (χ1) is 13.2. The van der Waals surface area contributed by atoms with Gasteiger partial charge in [0.1, 0.15) is 6.04 Å². The summed E-state index contributed by atoms with van der Waals surface area (Å²) in [5.74, 6) is -0.594. The number of benzene rings is 2. The van der Waals surface area contributed by atoms with Crippen molar-refractivity contribution >= 4 is 40.7 Å². The highest BCUT2D eigenvalue weighted by Crippen LogP contribution is 2.16. The first-order valence-electron chi connectivity index (χ1n) is 8.99. The third-order valence-electron chi connectivity index (χ3n) is 3.91. The number of nitrogens with one attached hydrogen (secondary N) is 3. The molecule has 0 bridgehead atoms. The van der Waals surface area contributed by atoms with Crippen molar-refractivity contribution < 1.29 is 14.4 Å². The zero-order chi connectivity index (χ0) is 20.7. The van der Waals surface area contributed by atoms with Crippen molar-refractivity contribution in [3.8, 4) is 0 Å². The summed E-state index contributed by atoms with van der Waals surface area (Å²) in [7, 11) is 0. The fourth-order valence-electron chi connectivity index (χ4n) is 2.62. The van der Waals surface area contributed by atoms with Crippen LogP contribution in [-0.2, 0) is 9.59 Å². The van der Waals surface area contributed by atoms with E-state index in [1.807, 2.05) is 13.8 Å². The second kappa shape index (κ2) is 9.90. The molecule has 0 aliphatic rings. The van der Waals surface area contributed by atoms with Gasteiger partial charge in [-0.1, -0.05) is 25.4 Å². The molecule has 1 atom stereocenters. The predicted octanol–water partition coefficient (Wildman–Crippen LogP) is 4.08. The molecule has 3 amide bonds. The summed E-state index contributed by atoms with van der Waals surface area (Å²) in [4.78, 5) is 36.3. The molecule has 6 nitrogen and oxygen atoms in total. The van der Waals surface area contributed by atoms with E-state index in [-0.39, 0.29) is 23.6 Å². The smallest absolute Gasteiger partial charge is 0.251 e. The Balaban J connectivity index is 2.06. The monoisotopic (exact) mass is 401 g/mol. The second-order valence-corrected chi connectivity index (χ2v) is 7.35. The summed E-state index contributed by atoms with van der Waals surface area (Å²) >= 11 is 5.85. The number of anilines is 2. The number of carbonyl (C=O) groups excluding carboxylic acids is 3. The number of carbonyl (C=O) groups is 3. The van der Waals surface area contributed by atoms with Crippen molar-refractivity contribution in [2.75, 3.05) is 10.6 Å². The van der Waals surface area contributed by atoms with Crippen LogP contribution in [0.1, 0.15) is 37.6 Å². The van der Waals surface area contributed by atoms with Crippen LogP contribution in [0.15, 0.2) is 48.5 Å². The van der Waals surface area contributed by atoms with E-state index in [1.54, 1.807) is 48.5 Å². The van der Waals surface area contributed by atoms with Gasteiger partial charge in [-0.2, -0.15) is 0 Å². The molecule has 2 aromatic carbocycles. The molecule has 0 saturated heterocycles. The lowest BCUT2D eigenvalue weighted by molar-refractivity contribution is -0.118. The van der Waals surface area contributed by atoms with Gasteiger partial charge in [0.15, 0.2) is 0 Å². The average Bonchev–Trinajstić information content (AvgIpc) is 2.62. The molecule has 0 heterocycles. The van der Waals surface area contributed by atoms with Gasteiger partial charge in [-0.15, -0.1) is 0 Å². The van der Waals surface area contributed by atoms with Crippen molar-refractivity contribution in [2.24, 2.45) is 5.92 Å². The topological polar surface area (TPSA) is 87.3 Å². The molecule has 0 aliphatic heterocycles. The molecule has 2 rings (SSSR count). The number of rotatable bonds is 7. The lowest BCUT2D eigenvalue weighted by Crippen LogP contribution is -2.44. The molecule has 0 spiro atoms. The van der Waals surface area contributed by atoms with Crippen molar-refractivity contribution in [1.29, 1.82) is 0 Å². The molecule has 0 radical (unpaired) electrons. The summed E-state index contributed by atoms with van der Waals surface area (Å²) in [5, 5.41) is 8.80. The highest BCUT2D eigenvalue weighted by Gasteiger charge is 2.22. The van der Waals surface area contributed by atoms with Crippen molar-refractivity contribution in [3.05, 3.63) is 59.1 Å². The maximum absolute atomic E-state index is 12.7. The van der Waals surface area contributed by atoms with E-state index in [2.05, 4.69) is 16.0 Å². The van der Waals surface area contributed by atoms with Crippen molar-refractivity contribution in [1.82, 2.24) is 5.32 Å². The van der Waals surface area contributed by atoms with Crippen LogP contribution >= 0.6 is 11.6 Å². The number of hydrogen-bond acceptors (Lipinski definition) is 3. The van der Waals surface area contributed by atoms with Crippen LogP contribution in [0.25, 0.3) is 0 Å². The third-order valence-corrected chi connectivity index (χ3v) is 4.16. The average molecular weight is 402 g/mol. The molecule has 0 saturated carbocycles. The van der Waals surface area contributed by atoms with Gasteiger partial charge < -0.3 is 16.0 Å². The van der Waals surface area contributed by atoms with Gasteiger partial charge in [-0.05, 0) is 60.9 Å². The zero-order valence-corrected chi connectivity index (χ0v) is 16.8. The molecule has 7 heteroatoms. The van der Waals surface area contributed by atoms with Crippen LogP contribution in [0.4, 0.5) is 11.4 Å². The minimum Gasteiger partial charge on any atom is -0.340 e. The molecular formula is C21H24ClN3O3. The largest absolute Gasteiger partial charge is 0.340 e.